The third kappa shape index (κ3) is 3.16. The number of thioether (sulfide) groups is 1. The van der Waals surface area contributed by atoms with Gasteiger partial charge < -0.3 is 0 Å². The Morgan fingerprint density at radius 3 is 2.72 bits per heavy atom. The summed E-state index contributed by atoms with van der Waals surface area (Å²) >= 11 is 5.37. The fourth-order valence-electron chi connectivity index (χ4n) is 2.32. The Labute approximate surface area is 121 Å². The van der Waals surface area contributed by atoms with E-state index < -0.39 is 0 Å². The summed E-state index contributed by atoms with van der Waals surface area (Å²) in [7, 11) is 0. The van der Waals surface area contributed by atoms with Gasteiger partial charge in [0.2, 0.25) is 0 Å². The van der Waals surface area contributed by atoms with Crippen LogP contribution in [-0.2, 0) is 0 Å². The second-order valence-electron chi connectivity index (χ2n) is 4.71. The van der Waals surface area contributed by atoms with Crippen LogP contribution in [0.1, 0.15) is 24.2 Å². The molecular formula is C14H18BrNOS. The van der Waals surface area contributed by atoms with E-state index in [1.54, 1.807) is 0 Å². The van der Waals surface area contributed by atoms with Crippen molar-refractivity contribution in [2.24, 2.45) is 0 Å². The summed E-state index contributed by atoms with van der Waals surface area (Å²) in [5, 5.41) is 0. The second-order valence-corrected chi connectivity index (χ2v) is 6.77. The fourth-order valence-corrected chi connectivity index (χ4v) is 3.62. The maximum Gasteiger partial charge on any atom is 0.179 e. The molecule has 0 N–H and O–H groups in total. The highest BCUT2D eigenvalue weighted by atomic mass is 79.9. The zero-order valence-corrected chi connectivity index (χ0v) is 13.1. The minimum Gasteiger partial charge on any atom is -0.292 e. The van der Waals surface area contributed by atoms with Gasteiger partial charge in [-0.15, -0.1) is 0 Å². The Kier molecular flexibility index (Phi) is 4.87. The highest BCUT2D eigenvalue weighted by Gasteiger charge is 2.28. The van der Waals surface area contributed by atoms with Crippen LogP contribution in [0.3, 0.4) is 0 Å². The Hall–Kier alpha value is -0.320. The summed E-state index contributed by atoms with van der Waals surface area (Å²) in [6, 6.07) is 8.10. The molecule has 0 bridgehead atoms. The van der Waals surface area contributed by atoms with Gasteiger partial charge in [-0.25, -0.2) is 0 Å². The van der Waals surface area contributed by atoms with Crippen molar-refractivity contribution in [2.45, 2.75) is 25.9 Å². The average molecular weight is 328 g/mol. The molecule has 1 aliphatic heterocycles. The van der Waals surface area contributed by atoms with Crippen molar-refractivity contribution in [3.63, 3.8) is 0 Å². The van der Waals surface area contributed by atoms with Crippen LogP contribution in [0.4, 0.5) is 0 Å². The molecule has 4 heteroatoms. The van der Waals surface area contributed by atoms with E-state index in [-0.39, 0.29) is 11.8 Å². The molecule has 2 rings (SSSR count). The summed E-state index contributed by atoms with van der Waals surface area (Å²) in [5.74, 6) is 2.47. The van der Waals surface area contributed by atoms with E-state index >= 15 is 0 Å². The minimum absolute atomic E-state index is 0.0259. The van der Waals surface area contributed by atoms with Crippen molar-refractivity contribution in [1.29, 1.82) is 0 Å². The molecule has 0 aliphatic carbocycles. The molecule has 0 radical (unpaired) electrons. The van der Waals surface area contributed by atoms with Gasteiger partial charge in [0.05, 0.1) is 6.04 Å². The number of Topliss-reactive ketones (excluding diaryl/α,β-unsaturated/α-hetero) is 1. The topological polar surface area (TPSA) is 20.3 Å². The third-order valence-corrected chi connectivity index (χ3v) is 5.14. The normalized spacial score (nSPS) is 22.7. The summed E-state index contributed by atoms with van der Waals surface area (Å²) in [6.45, 7) is 5.24. The number of halogens is 1. The second kappa shape index (κ2) is 6.22. The summed E-state index contributed by atoms with van der Waals surface area (Å²) in [6.07, 6.45) is 0. The molecule has 0 saturated carbocycles. The summed E-state index contributed by atoms with van der Waals surface area (Å²) in [4.78, 5) is 14.8. The molecular weight excluding hydrogens is 310 g/mol. The summed E-state index contributed by atoms with van der Waals surface area (Å²) < 4.78 is 1.01. The molecule has 0 aromatic heterocycles. The Morgan fingerprint density at radius 2 is 2.11 bits per heavy atom. The highest BCUT2D eigenvalue weighted by molar-refractivity contribution is 9.10. The van der Waals surface area contributed by atoms with Crippen LogP contribution in [0.25, 0.3) is 0 Å². The first-order valence-corrected chi connectivity index (χ1v) is 8.17. The number of benzene rings is 1. The van der Waals surface area contributed by atoms with Crippen LogP contribution in [0.15, 0.2) is 28.7 Å². The molecule has 1 heterocycles. The summed E-state index contributed by atoms with van der Waals surface area (Å²) in [5.41, 5.74) is 0.802. The molecule has 1 aromatic carbocycles. The lowest BCUT2D eigenvalue weighted by Gasteiger charge is -2.36. The number of rotatable bonds is 3. The third-order valence-electron chi connectivity index (χ3n) is 3.42. The first kappa shape index (κ1) is 14.1. The molecule has 0 amide bonds. The van der Waals surface area contributed by atoms with Crippen molar-refractivity contribution in [1.82, 2.24) is 4.90 Å². The molecule has 1 fully saturated rings. The monoisotopic (exact) mass is 327 g/mol. The number of carbonyl (C=O) groups is 1. The Bertz CT molecular complexity index is 420. The van der Waals surface area contributed by atoms with Gasteiger partial charge in [-0.2, -0.15) is 11.8 Å². The standard InChI is InChI=1S/C14H18BrNOS/c1-10-9-18-8-7-16(10)11(2)14(17)12-3-5-13(15)6-4-12/h3-6,10-11H,7-9H2,1-2H3. The SMILES string of the molecule is CC1CSCCN1C(C)C(=O)c1ccc(Br)cc1. The number of carbonyl (C=O) groups excluding carboxylic acids is 1. The highest BCUT2D eigenvalue weighted by Crippen LogP contribution is 2.21. The molecule has 1 aliphatic rings. The zero-order chi connectivity index (χ0) is 13.1. The van der Waals surface area contributed by atoms with Crippen LogP contribution in [0.2, 0.25) is 0 Å². The number of nitrogens with zero attached hydrogens (tertiary/aromatic N) is 1. The van der Waals surface area contributed by atoms with Gasteiger partial charge >= 0.3 is 0 Å². The van der Waals surface area contributed by atoms with E-state index in [0.717, 1.165) is 28.1 Å². The zero-order valence-electron chi connectivity index (χ0n) is 10.7. The quantitative estimate of drug-likeness (QED) is 0.793. The van der Waals surface area contributed by atoms with Gasteiger partial charge in [-0.05, 0) is 26.0 Å². The Balaban J connectivity index is 2.10. The number of ketones is 1. The van der Waals surface area contributed by atoms with Crippen molar-refractivity contribution in [3.8, 4) is 0 Å². The van der Waals surface area contributed by atoms with Gasteiger partial charge in [0.15, 0.2) is 5.78 Å². The van der Waals surface area contributed by atoms with Gasteiger partial charge in [-0.1, -0.05) is 28.1 Å². The lowest BCUT2D eigenvalue weighted by Crippen LogP contribution is -2.49. The van der Waals surface area contributed by atoms with Crippen molar-refractivity contribution >= 4 is 33.5 Å². The van der Waals surface area contributed by atoms with E-state index in [1.165, 1.54) is 0 Å². The van der Waals surface area contributed by atoms with Crippen molar-refractivity contribution in [2.75, 3.05) is 18.1 Å². The number of hydrogen-bond donors (Lipinski definition) is 0. The van der Waals surface area contributed by atoms with E-state index in [2.05, 4.69) is 27.8 Å². The molecule has 2 nitrogen and oxygen atoms in total. The minimum atomic E-state index is -0.0259. The van der Waals surface area contributed by atoms with Crippen molar-refractivity contribution in [3.05, 3.63) is 34.3 Å². The Morgan fingerprint density at radius 1 is 1.44 bits per heavy atom. The van der Waals surface area contributed by atoms with Crippen LogP contribution in [-0.4, -0.2) is 40.8 Å². The van der Waals surface area contributed by atoms with Crippen LogP contribution in [0.5, 0.6) is 0 Å². The molecule has 98 valence electrons. The molecule has 0 spiro atoms. The van der Waals surface area contributed by atoms with E-state index in [9.17, 15) is 4.79 Å². The predicted octanol–water partition coefficient (Wildman–Crippen LogP) is 3.46. The van der Waals surface area contributed by atoms with Gasteiger partial charge in [0.1, 0.15) is 0 Å². The van der Waals surface area contributed by atoms with Gasteiger partial charge in [0, 0.05) is 34.1 Å². The molecule has 18 heavy (non-hydrogen) atoms. The van der Waals surface area contributed by atoms with Crippen molar-refractivity contribution < 1.29 is 4.79 Å². The first-order valence-electron chi connectivity index (χ1n) is 6.23. The lowest BCUT2D eigenvalue weighted by atomic mass is 10.0. The van der Waals surface area contributed by atoms with E-state index in [1.807, 2.05) is 43.0 Å². The average Bonchev–Trinajstić information content (AvgIpc) is 2.38. The molecule has 2 atom stereocenters. The number of hydrogen-bond acceptors (Lipinski definition) is 3. The van der Waals surface area contributed by atoms with E-state index in [4.69, 9.17) is 0 Å². The molecule has 2 unspecified atom stereocenters. The fraction of sp³-hybridized carbons (Fsp3) is 0.500. The predicted molar refractivity (Wildman–Crippen MR) is 81.4 cm³/mol. The molecule has 1 aromatic rings. The maximum atomic E-state index is 12.4. The van der Waals surface area contributed by atoms with Gasteiger partial charge in [-0.3, -0.25) is 9.69 Å². The van der Waals surface area contributed by atoms with Crippen LogP contribution < -0.4 is 0 Å². The van der Waals surface area contributed by atoms with Gasteiger partial charge in [0.25, 0.3) is 0 Å². The van der Waals surface area contributed by atoms with Crippen LogP contribution >= 0.6 is 27.7 Å². The molecule has 1 saturated heterocycles. The van der Waals surface area contributed by atoms with Crippen LogP contribution in [0, 0.1) is 0 Å². The smallest absolute Gasteiger partial charge is 0.179 e. The maximum absolute atomic E-state index is 12.4. The lowest BCUT2D eigenvalue weighted by molar-refractivity contribution is 0.0799. The first-order chi connectivity index (χ1) is 8.59. The van der Waals surface area contributed by atoms with E-state index in [0.29, 0.717) is 6.04 Å². The largest absolute Gasteiger partial charge is 0.292 e.